The third-order valence-electron chi connectivity index (χ3n) is 3.93. The molecule has 1 rings (SSSR count). The van der Waals surface area contributed by atoms with Gasteiger partial charge in [-0.25, -0.2) is 0 Å². The highest BCUT2D eigenvalue weighted by Gasteiger charge is 2.35. The van der Waals surface area contributed by atoms with Gasteiger partial charge in [-0.2, -0.15) is 0 Å². The summed E-state index contributed by atoms with van der Waals surface area (Å²) in [6.45, 7) is 9.75. The van der Waals surface area contributed by atoms with Crippen LogP contribution >= 0.6 is 0 Å². The van der Waals surface area contributed by atoms with Gasteiger partial charge in [-0.05, 0) is 32.2 Å². The zero-order chi connectivity index (χ0) is 12.3. The van der Waals surface area contributed by atoms with E-state index in [0.717, 1.165) is 6.54 Å². The first-order valence-corrected chi connectivity index (χ1v) is 6.32. The minimum atomic E-state index is -0.0955. The van der Waals surface area contributed by atoms with Gasteiger partial charge in [-0.15, -0.1) is 0 Å². The number of nitrogens with zero attached hydrogens (tertiary/aromatic N) is 1. The summed E-state index contributed by atoms with van der Waals surface area (Å²) in [5, 5.41) is 0. The van der Waals surface area contributed by atoms with Crippen LogP contribution in [0.15, 0.2) is 0 Å². The molecule has 1 fully saturated rings. The first-order valence-electron chi connectivity index (χ1n) is 6.32. The molecule has 0 N–H and O–H groups in total. The van der Waals surface area contributed by atoms with Crippen molar-refractivity contribution in [3.8, 4) is 0 Å². The van der Waals surface area contributed by atoms with Gasteiger partial charge in [0.1, 0.15) is 0 Å². The maximum Gasteiger partial charge on any atom is 0.309 e. The van der Waals surface area contributed by atoms with Crippen LogP contribution < -0.4 is 0 Å². The fourth-order valence-electron chi connectivity index (χ4n) is 2.71. The monoisotopic (exact) mass is 227 g/mol. The number of carbonyl (C=O) groups is 1. The van der Waals surface area contributed by atoms with Gasteiger partial charge in [0.15, 0.2) is 0 Å². The fourth-order valence-corrected chi connectivity index (χ4v) is 2.71. The second-order valence-corrected chi connectivity index (χ2v) is 5.24. The van der Waals surface area contributed by atoms with Crippen molar-refractivity contribution in [2.75, 3.05) is 13.7 Å². The molecule has 16 heavy (non-hydrogen) atoms. The summed E-state index contributed by atoms with van der Waals surface area (Å²) < 4.78 is 4.82. The van der Waals surface area contributed by atoms with E-state index in [0.29, 0.717) is 12.0 Å². The Balaban J connectivity index is 2.65. The molecule has 0 aliphatic carbocycles. The number of hydrogen-bond acceptors (Lipinski definition) is 3. The Morgan fingerprint density at radius 3 is 2.44 bits per heavy atom. The van der Waals surface area contributed by atoms with Gasteiger partial charge in [-0.3, -0.25) is 9.69 Å². The Bertz CT molecular complexity index is 240. The zero-order valence-electron chi connectivity index (χ0n) is 11.2. The first kappa shape index (κ1) is 13.5. The molecule has 0 bridgehead atoms. The molecule has 0 aromatic rings. The van der Waals surface area contributed by atoms with Crippen LogP contribution in [-0.4, -0.2) is 36.6 Å². The summed E-state index contributed by atoms with van der Waals surface area (Å²) in [4.78, 5) is 14.0. The Kier molecular flexibility index (Phi) is 4.78. The highest BCUT2D eigenvalue weighted by molar-refractivity contribution is 5.72. The summed E-state index contributed by atoms with van der Waals surface area (Å²) >= 11 is 0. The Morgan fingerprint density at radius 1 is 1.31 bits per heavy atom. The first-order chi connectivity index (χ1) is 7.49. The van der Waals surface area contributed by atoms with E-state index in [1.807, 2.05) is 6.92 Å². The molecule has 94 valence electrons. The lowest BCUT2D eigenvalue weighted by Crippen LogP contribution is -2.45. The molecule has 3 heteroatoms. The van der Waals surface area contributed by atoms with Gasteiger partial charge in [0, 0.05) is 12.1 Å². The molecule has 0 saturated carbocycles. The standard InChI is InChI=1S/C13H25NO2/c1-9(2)12-7-6-8-14(12)11(4)10(3)13(15)16-5/h9-12H,6-8H2,1-5H3. The quantitative estimate of drug-likeness (QED) is 0.690. The van der Waals surface area contributed by atoms with Gasteiger partial charge in [0.25, 0.3) is 0 Å². The molecule has 1 heterocycles. The summed E-state index contributed by atoms with van der Waals surface area (Å²) in [6, 6.07) is 0.907. The fraction of sp³-hybridized carbons (Fsp3) is 0.923. The molecule has 0 aromatic carbocycles. The zero-order valence-corrected chi connectivity index (χ0v) is 11.2. The van der Waals surface area contributed by atoms with Crippen molar-refractivity contribution >= 4 is 5.97 Å². The van der Waals surface area contributed by atoms with Crippen LogP contribution in [-0.2, 0) is 9.53 Å². The Hall–Kier alpha value is -0.570. The Morgan fingerprint density at radius 2 is 1.94 bits per heavy atom. The van der Waals surface area contributed by atoms with Crippen LogP contribution in [0.2, 0.25) is 0 Å². The molecule has 0 aromatic heterocycles. The van der Waals surface area contributed by atoms with E-state index in [9.17, 15) is 4.79 Å². The minimum Gasteiger partial charge on any atom is -0.469 e. The van der Waals surface area contributed by atoms with Gasteiger partial charge in [0.2, 0.25) is 0 Å². The van der Waals surface area contributed by atoms with E-state index in [1.54, 1.807) is 0 Å². The van der Waals surface area contributed by atoms with E-state index >= 15 is 0 Å². The SMILES string of the molecule is COC(=O)C(C)C(C)N1CCCC1C(C)C. The molecular formula is C13H25NO2. The molecule has 0 radical (unpaired) electrons. The number of ether oxygens (including phenoxy) is 1. The average Bonchev–Trinajstić information content (AvgIpc) is 2.74. The second kappa shape index (κ2) is 5.67. The molecule has 3 atom stereocenters. The number of methoxy groups -OCH3 is 1. The lowest BCUT2D eigenvalue weighted by Gasteiger charge is -2.35. The maximum atomic E-state index is 11.5. The van der Waals surface area contributed by atoms with Crippen molar-refractivity contribution in [2.45, 2.75) is 52.6 Å². The lowest BCUT2D eigenvalue weighted by atomic mass is 9.97. The van der Waals surface area contributed by atoms with E-state index < -0.39 is 0 Å². The lowest BCUT2D eigenvalue weighted by molar-refractivity contribution is -0.147. The van der Waals surface area contributed by atoms with E-state index in [2.05, 4.69) is 25.7 Å². The van der Waals surface area contributed by atoms with Gasteiger partial charge in [-0.1, -0.05) is 20.8 Å². The minimum absolute atomic E-state index is 0.0376. The summed E-state index contributed by atoms with van der Waals surface area (Å²) in [5.41, 5.74) is 0. The van der Waals surface area contributed by atoms with Crippen molar-refractivity contribution in [1.82, 2.24) is 4.90 Å². The highest BCUT2D eigenvalue weighted by Crippen LogP contribution is 2.28. The number of likely N-dealkylation sites (tertiary alicyclic amines) is 1. The molecule has 0 amide bonds. The summed E-state index contributed by atoms with van der Waals surface area (Å²) in [7, 11) is 1.47. The van der Waals surface area contributed by atoms with Gasteiger partial charge < -0.3 is 4.74 Å². The van der Waals surface area contributed by atoms with Crippen LogP contribution in [0.25, 0.3) is 0 Å². The topological polar surface area (TPSA) is 29.5 Å². The van der Waals surface area contributed by atoms with Crippen molar-refractivity contribution in [3.63, 3.8) is 0 Å². The number of rotatable bonds is 4. The molecule has 3 nitrogen and oxygen atoms in total. The summed E-state index contributed by atoms with van der Waals surface area (Å²) in [6.07, 6.45) is 2.51. The maximum absolute atomic E-state index is 11.5. The smallest absolute Gasteiger partial charge is 0.309 e. The van der Waals surface area contributed by atoms with Gasteiger partial charge in [0.05, 0.1) is 13.0 Å². The third kappa shape index (κ3) is 2.76. The van der Waals surface area contributed by atoms with Gasteiger partial charge >= 0.3 is 5.97 Å². The predicted molar refractivity (Wildman–Crippen MR) is 65.2 cm³/mol. The highest BCUT2D eigenvalue weighted by atomic mass is 16.5. The molecule has 1 aliphatic rings. The van der Waals surface area contributed by atoms with Crippen LogP contribution in [0.1, 0.15) is 40.5 Å². The summed E-state index contributed by atoms with van der Waals surface area (Å²) in [5.74, 6) is 0.529. The van der Waals surface area contributed by atoms with Crippen LogP contribution in [0.3, 0.4) is 0 Å². The van der Waals surface area contributed by atoms with Crippen molar-refractivity contribution in [1.29, 1.82) is 0 Å². The van der Waals surface area contributed by atoms with Crippen LogP contribution in [0.4, 0.5) is 0 Å². The second-order valence-electron chi connectivity index (χ2n) is 5.24. The Labute approximate surface area is 99.1 Å². The van der Waals surface area contributed by atoms with Crippen molar-refractivity contribution < 1.29 is 9.53 Å². The predicted octanol–water partition coefficient (Wildman–Crippen LogP) is 2.30. The van der Waals surface area contributed by atoms with E-state index in [1.165, 1.54) is 20.0 Å². The van der Waals surface area contributed by atoms with E-state index in [-0.39, 0.29) is 17.9 Å². The van der Waals surface area contributed by atoms with Crippen LogP contribution in [0, 0.1) is 11.8 Å². The third-order valence-corrected chi connectivity index (χ3v) is 3.93. The molecule has 1 aliphatic heterocycles. The molecule has 0 spiro atoms. The number of esters is 1. The van der Waals surface area contributed by atoms with E-state index in [4.69, 9.17) is 4.74 Å². The molecule has 3 unspecified atom stereocenters. The molecular weight excluding hydrogens is 202 g/mol. The average molecular weight is 227 g/mol. The number of hydrogen-bond donors (Lipinski definition) is 0. The van der Waals surface area contributed by atoms with Crippen molar-refractivity contribution in [3.05, 3.63) is 0 Å². The number of carbonyl (C=O) groups excluding carboxylic acids is 1. The molecule has 1 saturated heterocycles. The van der Waals surface area contributed by atoms with Crippen molar-refractivity contribution in [2.24, 2.45) is 11.8 Å². The normalized spacial score (nSPS) is 25.8. The largest absolute Gasteiger partial charge is 0.469 e. The van der Waals surface area contributed by atoms with Crippen LogP contribution in [0.5, 0.6) is 0 Å².